The van der Waals surface area contributed by atoms with E-state index in [0.717, 1.165) is 29.1 Å². The fourth-order valence-corrected chi connectivity index (χ4v) is 2.94. The van der Waals surface area contributed by atoms with Crippen molar-refractivity contribution in [1.29, 1.82) is 0 Å². The number of nitrogens with zero attached hydrogens (tertiary/aromatic N) is 3. The Labute approximate surface area is 153 Å². The Morgan fingerprint density at radius 2 is 1.92 bits per heavy atom. The van der Waals surface area contributed by atoms with E-state index in [9.17, 15) is 4.79 Å². The lowest BCUT2D eigenvalue weighted by Gasteiger charge is -2.17. The highest BCUT2D eigenvalue weighted by Gasteiger charge is 2.28. The molecule has 26 heavy (non-hydrogen) atoms. The van der Waals surface area contributed by atoms with Gasteiger partial charge in [0.25, 0.3) is 0 Å². The molecule has 0 radical (unpaired) electrons. The van der Waals surface area contributed by atoms with Gasteiger partial charge in [0.1, 0.15) is 11.9 Å². The quantitative estimate of drug-likeness (QED) is 0.891. The zero-order chi connectivity index (χ0) is 18.5. The van der Waals surface area contributed by atoms with E-state index in [2.05, 4.69) is 15.3 Å². The highest BCUT2D eigenvalue weighted by Crippen LogP contribution is 2.16. The Bertz CT molecular complexity index is 744. The van der Waals surface area contributed by atoms with E-state index < -0.39 is 0 Å². The number of amides is 2. The van der Waals surface area contributed by atoms with Crippen LogP contribution in [0.4, 0.5) is 4.79 Å². The molecule has 138 valence electrons. The van der Waals surface area contributed by atoms with Crippen molar-refractivity contribution in [2.24, 2.45) is 0 Å². The fourth-order valence-electron chi connectivity index (χ4n) is 2.94. The van der Waals surface area contributed by atoms with Gasteiger partial charge in [0.15, 0.2) is 0 Å². The first-order valence-electron chi connectivity index (χ1n) is 8.68. The standard InChI is InChI=1S/C19H24N4O3/c1-13-10-14(2)22-18(21-13)26-17-8-9-23(12-17)19(24)20-11-15-4-6-16(25-3)7-5-15/h4-7,10,17H,8-9,11-12H2,1-3H3,(H,20,24). The highest BCUT2D eigenvalue weighted by molar-refractivity contribution is 5.74. The number of ether oxygens (including phenoxy) is 2. The lowest BCUT2D eigenvalue weighted by Crippen LogP contribution is -2.39. The van der Waals surface area contributed by atoms with Gasteiger partial charge in [-0.2, -0.15) is 0 Å². The van der Waals surface area contributed by atoms with E-state index in [-0.39, 0.29) is 12.1 Å². The van der Waals surface area contributed by atoms with E-state index in [4.69, 9.17) is 9.47 Å². The summed E-state index contributed by atoms with van der Waals surface area (Å²) >= 11 is 0. The van der Waals surface area contributed by atoms with Crippen LogP contribution in [0.15, 0.2) is 30.3 Å². The van der Waals surface area contributed by atoms with Crippen molar-refractivity contribution in [1.82, 2.24) is 20.2 Å². The molecule has 3 rings (SSSR count). The summed E-state index contributed by atoms with van der Waals surface area (Å²) in [6.45, 7) is 5.49. The number of carbonyl (C=O) groups is 1. The maximum absolute atomic E-state index is 12.4. The van der Waals surface area contributed by atoms with Crippen molar-refractivity contribution in [3.8, 4) is 11.8 Å². The Balaban J connectivity index is 1.48. The van der Waals surface area contributed by atoms with Gasteiger partial charge < -0.3 is 19.7 Å². The predicted molar refractivity (Wildman–Crippen MR) is 97.3 cm³/mol. The number of nitrogens with one attached hydrogen (secondary N) is 1. The molecule has 1 aliphatic heterocycles. The van der Waals surface area contributed by atoms with Gasteiger partial charge in [-0.05, 0) is 37.6 Å². The third-order valence-corrected chi connectivity index (χ3v) is 4.27. The van der Waals surface area contributed by atoms with Crippen LogP contribution in [0.3, 0.4) is 0 Å². The second-order valence-corrected chi connectivity index (χ2v) is 6.41. The van der Waals surface area contributed by atoms with Gasteiger partial charge in [0, 0.05) is 30.9 Å². The van der Waals surface area contributed by atoms with Crippen LogP contribution in [0.1, 0.15) is 23.4 Å². The third-order valence-electron chi connectivity index (χ3n) is 4.27. The molecule has 1 fully saturated rings. The number of aryl methyl sites for hydroxylation is 2. The fraction of sp³-hybridized carbons (Fsp3) is 0.421. The molecule has 0 spiro atoms. The number of benzene rings is 1. The number of urea groups is 1. The average Bonchev–Trinajstić information content (AvgIpc) is 3.07. The number of rotatable bonds is 5. The number of likely N-dealkylation sites (tertiary alicyclic amines) is 1. The van der Waals surface area contributed by atoms with E-state index in [1.807, 2.05) is 44.2 Å². The van der Waals surface area contributed by atoms with Crippen LogP contribution >= 0.6 is 0 Å². The smallest absolute Gasteiger partial charge is 0.317 e. The molecule has 0 bridgehead atoms. The molecular weight excluding hydrogens is 332 g/mol. The van der Waals surface area contributed by atoms with E-state index in [0.29, 0.717) is 25.6 Å². The van der Waals surface area contributed by atoms with Gasteiger partial charge in [-0.25, -0.2) is 14.8 Å². The molecular formula is C19H24N4O3. The highest BCUT2D eigenvalue weighted by atomic mass is 16.5. The minimum Gasteiger partial charge on any atom is -0.497 e. The molecule has 7 heteroatoms. The van der Waals surface area contributed by atoms with Crippen molar-refractivity contribution in [3.63, 3.8) is 0 Å². The molecule has 1 N–H and O–H groups in total. The summed E-state index contributed by atoms with van der Waals surface area (Å²) in [5.41, 5.74) is 2.77. The van der Waals surface area contributed by atoms with Crippen LogP contribution in [-0.4, -0.2) is 47.2 Å². The number of hydrogen-bond donors (Lipinski definition) is 1. The van der Waals surface area contributed by atoms with E-state index in [1.165, 1.54) is 0 Å². The van der Waals surface area contributed by atoms with Gasteiger partial charge in [-0.3, -0.25) is 0 Å². The molecule has 1 aromatic heterocycles. The second kappa shape index (κ2) is 8.03. The monoisotopic (exact) mass is 356 g/mol. The van der Waals surface area contributed by atoms with Gasteiger partial charge in [0.2, 0.25) is 0 Å². The van der Waals surface area contributed by atoms with Crippen molar-refractivity contribution in [3.05, 3.63) is 47.3 Å². The topological polar surface area (TPSA) is 76.6 Å². The summed E-state index contributed by atoms with van der Waals surface area (Å²) in [4.78, 5) is 22.7. The van der Waals surface area contributed by atoms with Crippen LogP contribution in [0.5, 0.6) is 11.8 Å². The van der Waals surface area contributed by atoms with Crippen molar-refractivity contribution in [2.45, 2.75) is 32.9 Å². The van der Waals surface area contributed by atoms with Crippen LogP contribution in [0.25, 0.3) is 0 Å². The molecule has 2 amide bonds. The zero-order valence-electron chi connectivity index (χ0n) is 15.4. The van der Waals surface area contributed by atoms with Gasteiger partial charge in [-0.15, -0.1) is 0 Å². The van der Waals surface area contributed by atoms with Gasteiger partial charge in [-0.1, -0.05) is 12.1 Å². The minimum absolute atomic E-state index is 0.0806. The van der Waals surface area contributed by atoms with E-state index >= 15 is 0 Å². The molecule has 0 aliphatic carbocycles. The largest absolute Gasteiger partial charge is 0.497 e. The Morgan fingerprint density at radius 3 is 2.58 bits per heavy atom. The first-order chi connectivity index (χ1) is 12.5. The number of methoxy groups -OCH3 is 1. The van der Waals surface area contributed by atoms with E-state index in [1.54, 1.807) is 12.0 Å². The second-order valence-electron chi connectivity index (χ2n) is 6.41. The molecule has 2 heterocycles. The molecule has 1 aromatic carbocycles. The van der Waals surface area contributed by atoms with Crippen molar-refractivity contribution < 1.29 is 14.3 Å². The molecule has 1 atom stereocenters. The summed E-state index contributed by atoms with van der Waals surface area (Å²) in [5, 5.41) is 2.94. The number of hydrogen-bond acceptors (Lipinski definition) is 5. The maximum Gasteiger partial charge on any atom is 0.317 e. The molecule has 1 unspecified atom stereocenters. The predicted octanol–water partition coefficient (Wildman–Crippen LogP) is 2.46. The SMILES string of the molecule is COc1ccc(CNC(=O)N2CCC(Oc3nc(C)cc(C)n3)C2)cc1. The minimum atomic E-state index is -0.0896. The Kier molecular flexibility index (Phi) is 5.55. The molecule has 1 saturated heterocycles. The average molecular weight is 356 g/mol. The normalized spacial score (nSPS) is 16.4. The first kappa shape index (κ1) is 18.0. The van der Waals surface area contributed by atoms with Crippen LogP contribution < -0.4 is 14.8 Å². The summed E-state index contributed by atoms with van der Waals surface area (Å²) in [6, 6.07) is 9.83. The Morgan fingerprint density at radius 1 is 1.23 bits per heavy atom. The molecule has 7 nitrogen and oxygen atoms in total. The van der Waals surface area contributed by atoms with Crippen LogP contribution in [0.2, 0.25) is 0 Å². The third kappa shape index (κ3) is 4.62. The zero-order valence-corrected chi connectivity index (χ0v) is 15.4. The van der Waals surface area contributed by atoms with Crippen LogP contribution in [-0.2, 0) is 6.54 Å². The lowest BCUT2D eigenvalue weighted by atomic mass is 10.2. The lowest BCUT2D eigenvalue weighted by molar-refractivity contribution is 0.177. The summed E-state index contributed by atoms with van der Waals surface area (Å²) in [5.74, 6) is 0.799. The molecule has 2 aromatic rings. The van der Waals surface area contributed by atoms with Gasteiger partial charge in [0.05, 0.1) is 13.7 Å². The summed E-state index contributed by atoms with van der Waals surface area (Å²) in [7, 11) is 1.63. The first-order valence-corrected chi connectivity index (χ1v) is 8.68. The van der Waals surface area contributed by atoms with Crippen LogP contribution in [0, 0.1) is 13.8 Å². The van der Waals surface area contributed by atoms with Gasteiger partial charge >= 0.3 is 12.0 Å². The molecule has 0 saturated carbocycles. The van der Waals surface area contributed by atoms with Crippen molar-refractivity contribution >= 4 is 6.03 Å². The Hall–Kier alpha value is -2.83. The molecule has 1 aliphatic rings. The number of carbonyl (C=O) groups excluding carboxylic acids is 1. The summed E-state index contributed by atoms with van der Waals surface area (Å²) < 4.78 is 11.0. The summed E-state index contributed by atoms with van der Waals surface area (Å²) in [6.07, 6.45) is 0.690. The number of aromatic nitrogens is 2. The van der Waals surface area contributed by atoms with Crippen molar-refractivity contribution in [2.75, 3.05) is 20.2 Å². The maximum atomic E-state index is 12.4.